The van der Waals surface area contributed by atoms with Gasteiger partial charge in [-0.25, -0.2) is 16.8 Å². The van der Waals surface area contributed by atoms with E-state index in [2.05, 4.69) is 64.1 Å². The van der Waals surface area contributed by atoms with Gasteiger partial charge in [0.15, 0.2) is 0 Å². The summed E-state index contributed by atoms with van der Waals surface area (Å²) in [5, 5.41) is 3.80. The summed E-state index contributed by atoms with van der Waals surface area (Å²) >= 11 is 0. The Balaban J connectivity index is 0.000000493. The van der Waals surface area contributed by atoms with Gasteiger partial charge in [0.1, 0.15) is 20.2 Å². The second-order valence-corrected chi connectivity index (χ2v) is 24.2. The average Bonchev–Trinajstić information content (AvgIpc) is 3.35. The van der Waals surface area contributed by atoms with E-state index in [1.807, 2.05) is 12.1 Å². The quantitative estimate of drug-likeness (QED) is 0.0248. The number of aryl methyl sites for hydroxylation is 4. The summed E-state index contributed by atoms with van der Waals surface area (Å²) in [5.74, 6) is 0. The van der Waals surface area contributed by atoms with E-state index < -0.39 is 20.2 Å². The molecule has 0 N–H and O–H groups in total. The molecule has 73 heavy (non-hydrogen) atoms. The summed E-state index contributed by atoms with van der Waals surface area (Å²) in [6.45, 7) is 8.98. The van der Waals surface area contributed by atoms with Crippen molar-refractivity contribution in [1.29, 1.82) is 0 Å². The largest absolute Gasteiger partial charge is 2.00 e. The van der Waals surface area contributed by atoms with E-state index in [0.29, 0.717) is 24.0 Å². The molecule has 0 radical (unpaired) electrons. The molecule has 0 bridgehead atoms. The number of unbranched alkanes of at least 4 members (excludes halogenated alkanes) is 32. The van der Waals surface area contributed by atoms with E-state index in [4.69, 9.17) is 0 Å². The summed E-state index contributed by atoms with van der Waals surface area (Å²) in [6, 6.07) is 19.8. The predicted octanol–water partition coefficient (Wildman–Crippen LogP) is 19.4. The molecule has 0 saturated heterocycles. The molecule has 408 valence electrons. The molecule has 0 spiro atoms. The minimum absolute atomic E-state index is 0. The SMILES string of the molecule is CCCCCCCCCCCc1ccc2cc(CCCCCCCCCCC)c(S(=O)(=O)[O-])cc2c1.CCCCCCCCCCCc1ccc2cc(CCCCCCCCCCC)c(S(=O)(=O)[O-])cc2c1.[Ba+2]. The van der Waals surface area contributed by atoms with Crippen LogP contribution in [0.25, 0.3) is 21.5 Å². The summed E-state index contributed by atoms with van der Waals surface area (Å²) in [5.41, 5.74) is 3.83. The van der Waals surface area contributed by atoms with Gasteiger partial charge < -0.3 is 9.11 Å². The molecule has 4 aromatic carbocycles. The molecule has 0 aliphatic heterocycles. The van der Waals surface area contributed by atoms with Crippen LogP contribution in [0.5, 0.6) is 0 Å². The fraction of sp³-hybridized carbons (Fsp3) is 0.688. The van der Waals surface area contributed by atoms with E-state index in [-0.39, 0.29) is 58.7 Å². The zero-order valence-corrected chi connectivity index (χ0v) is 53.1. The van der Waals surface area contributed by atoms with E-state index in [0.717, 1.165) is 72.9 Å². The maximum atomic E-state index is 12.0. The first-order valence-corrected chi connectivity index (χ1v) is 32.8. The standard InChI is InChI=1S/2C32H52O3S.Ba/c2*1-3-5-7-9-11-13-15-17-19-21-28-23-24-29-26-30(32(36(33,34)35)27-31(29)25-28)22-20-18-16-14-12-10-8-6-4-2;/h2*23-27H,3-22H2,1-2H3,(H,33,34,35);/q;;+2/p-2. The molecule has 0 aliphatic rings. The molecule has 0 amide bonds. The van der Waals surface area contributed by atoms with Crippen LogP contribution in [0.3, 0.4) is 0 Å². The van der Waals surface area contributed by atoms with Crippen LogP contribution in [0, 0.1) is 0 Å². The molecule has 0 aliphatic carbocycles. The topological polar surface area (TPSA) is 114 Å². The Labute approximate surface area is 489 Å². The Morgan fingerprint density at radius 1 is 0.288 bits per heavy atom. The summed E-state index contributed by atoms with van der Waals surface area (Å²) in [4.78, 5) is -0.0374. The third-order valence-electron chi connectivity index (χ3n) is 14.9. The van der Waals surface area contributed by atoms with Crippen LogP contribution in [0.15, 0.2) is 70.5 Å². The second kappa shape index (κ2) is 41.8. The van der Waals surface area contributed by atoms with Crippen molar-refractivity contribution in [3.05, 3.63) is 82.9 Å². The van der Waals surface area contributed by atoms with Gasteiger partial charge in [-0.15, -0.1) is 0 Å². The van der Waals surface area contributed by atoms with Crippen molar-refractivity contribution in [3.63, 3.8) is 0 Å². The van der Waals surface area contributed by atoms with Gasteiger partial charge >= 0.3 is 48.9 Å². The van der Waals surface area contributed by atoms with Gasteiger partial charge in [-0.1, -0.05) is 270 Å². The number of hydrogen-bond donors (Lipinski definition) is 0. The van der Waals surface area contributed by atoms with Gasteiger partial charge in [0, 0.05) is 0 Å². The predicted molar refractivity (Wildman–Crippen MR) is 313 cm³/mol. The maximum absolute atomic E-state index is 12.0. The van der Waals surface area contributed by atoms with Crippen molar-refractivity contribution < 1.29 is 25.9 Å². The first kappa shape index (κ1) is 67.9. The molecule has 4 aromatic rings. The summed E-state index contributed by atoms with van der Waals surface area (Å²) < 4.78 is 72.3. The molecule has 6 nitrogen and oxygen atoms in total. The Bertz CT molecular complexity index is 2100. The van der Waals surface area contributed by atoms with Crippen LogP contribution >= 0.6 is 0 Å². The van der Waals surface area contributed by atoms with Gasteiger partial charge in [-0.05, 0) is 119 Å². The zero-order chi connectivity index (χ0) is 52.1. The molecule has 0 unspecified atom stereocenters. The number of benzene rings is 4. The monoisotopic (exact) mass is 1170 g/mol. The molecule has 9 heteroatoms. The molecule has 0 fully saturated rings. The van der Waals surface area contributed by atoms with Crippen LogP contribution in [0.2, 0.25) is 0 Å². The van der Waals surface area contributed by atoms with Crippen molar-refractivity contribution >= 4 is 90.7 Å². The molecule has 4 rings (SSSR count). The van der Waals surface area contributed by atoms with Crippen molar-refractivity contribution in [2.45, 2.75) is 294 Å². The third kappa shape index (κ3) is 30.5. The van der Waals surface area contributed by atoms with Crippen molar-refractivity contribution in [1.82, 2.24) is 0 Å². The van der Waals surface area contributed by atoms with E-state index in [1.165, 1.54) is 204 Å². The van der Waals surface area contributed by atoms with Gasteiger partial charge in [-0.3, -0.25) is 0 Å². The fourth-order valence-corrected chi connectivity index (χ4v) is 12.0. The smallest absolute Gasteiger partial charge is 0.744 e. The Morgan fingerprint density at radius 2 is 0.521 bits per heavy atom. The fourth-order valence-electron chi connectivity index (χ4n) is 10.4. The van der Waals surface area contributed by atoms with Crippen LogP contribution < -0.4 is 0 Å². The van der Waals surface area contributed by atoms with Crippen LogP contribution in [-0.2, 0) is 45.9 Å². The normalized spacial score (nSPS) is 11.8. The van der Waals surface area contributed by atoms with Gasteiger partial charge in [0.05, 0.1) is 9.79 Å². The van der Waals surface area contributed by atoms with Crippen molar-refractivity contribution in [2.24, 2.45) is 0 Å². The van der Waals surface area contributed by atoms with E-state index in [9.17, 15) is 25.9 Å². The Morgan fingerprint density at radius 3 is 0.767 bits per heavy atom. The van der Waals surface area contributed by atoms with Crippen molar-refractivity contribution in [2.75, 3.05) is 0 Å². The minimum Gasteiger partial charge on any atom is -0.744 e. The minimum atomic E-state index is -4.48. The second-order valence-electron chi connectivity index (χ2n) is 21.5. The average molecular weight is 1170 g/mol. The van der Waals surface area contributed by atoms with Gasteiger partial charge in [-0.2, -0.15) is 0 Å². The van der Waals surface area contributed by atoms with Crippen molar-refractivity contribution in [3.8, 4) is 0 Å². The van der Waals surface area contributed by atoms with Crippen LogP contribution in [0.4, 0.5) is 0 Å². The maximum Gasteiger partial charge on any atom is 2.00 e. The molecule has 0 aromatic heterocycles. The first-order valence-electron chi connectivity index (χ1n) is 29.9. The number of hydrogen-bond acceptors (Lipinski definition) is 6. The number of fused-ring (bicyclic) bond motifs is 2. The van der Waals surface area contributed by atoms with E-state index >= 15 is 0 Å². The van der Waals surface area contributed by atoms with Gasteiger partial charge in [0.25, 0.3) is 0 Å². The number of rotatable bonds is 42. The molecular weight excluding hydrogens is 1070 g/mol. The summed E-state index contributed by atoms with van der Waals surface area (Å²) in [7, 11) is -8.97. The van der Waals surface area contributed by atoms with Crippen LogP contribution in [0.1, 0.15) is 281 Å². The molecular formula is C64H102BaO6S2. The van der Waals surface area contributed by atoms with Crippen LogP contribution in [-0.4, -0.2) is 74.8 Å². The summed E-state index contributed by atoms with van der Waals surface area (Å²) in [6.07, 6.45) is 48.8. The Hall–Kier alpha value is -1.21. The van der Waals surface area contributed by atoms with E-state index in [1.54, 1.807) is 12.1 Å². The third-order valence-corrected chi connectivity index (χ3v) is 16.8. The Kier molecular flexibility index (Phi) is 38.9. The zero-order valence-electron chi connectivity index (χ0n) is 47.0. The molecule has 0 heterocycles. The molecule has 0 saturated carbocycles. The first-order chi connectivity index (χ1) is 34.9. The molecule has 0 atom stereocenters. The van der Waals surface area contributed by atoms with Gasteiger partial charge in [0.2, 0.25) is 0 Å².